The molecule has 1 unspecified atom stereocenters. The summed E-state index contributed by atoms with van der Waals surface area (Å²) in [5.74, 6) is -1.19. The Morgan fingerprint density at radius 3 is 2.66 bits per heavy atom. The Morgan fingerprint density at radius 2 is 2.02 bits per heavy atom. The Bertz CT molecular complexity index is 1830. The van der Waals surface area contributed by atoms with E-state index in [1.165, 1.54) is 23.6 Å². The third-order valence-corrected chi connectivity index (χ3v) is 8.57. The quantitative estimate of drug-likeness (QED) is 0.214. The largest absolute Gasteiger partial charge is 0.476 e. The number of nitrogens with zero attached hydrogens (tertiary/aromatic N) is 4. The van der Waals surface area contributed by atoms with Crippen LogP contribution in [0, 0.1) is 24.5 Å². The standard InChI is InChI=1S/C28H24F2N6O3S2/c1-14-32-12-22(33-14)18-11-17(5-6-20(18)29)26-19(8-16-4-7-25(41(31)39)21(30)9-16)24(10-15-2-3-15)36(35-26)28-34-23(13-40-28)27(37)38/h4-7,9,11-13,15H,2-3,8,10,31H2,1H3,(H,32,33)(H,37,38). The SMILES string of the molecule is Cc1ncc(-c2cc(-c3nn(-c4nc(C(=O)O)cs4)c(CC4CC4)c3Cc3ccc(S(N)=O)c(F)c3)ccc2F)[nH]1. The number of nitrogens with two attached hydrogens (primary N) is 1. The number of nitrogens with one attached hydrogen (secondary N) is 1. The van der Waals surface area contributed by atoms with E-state index in [9.17, 15) is 22.9 Å². The summed E-state index contributed by atoms with van der Waals surface area (Å²) >= 11 is 1.16. The summed E-state index contributed by atoms with van der Waals surface area (Å²) in [4.78, 5) is 23.0. The average Bonchev–Trinajstić information content (AvgIpc) is 3.28. The Labute approximate surface area is 239 Å². The number of halogens is 2. The predicted octanol–water partition coefficient (Wildman–Crippen LogP) is 5.20. The highest BCUT2D eigenvalue weighted by Crippen LogP contribution is 2.39. The lowest BCUT2D eigenvalue weighted by molar-refractivity contribution is 0.0691. The number of aromatic amines is 1. The number of carboxylic acid groups (broad SMARTS) is 1. The van der Waals surface area contributed by atoms with E-state index in [0.717, 1.165) is 35.4 Å². The van der Waals surface area contributed by atoms with Crippen LogP contribution < -0.4 is 5.14 Å². The van der Waals surface area contributed by atoms with Crippen LogP contribution in [0.1, 0.15) is 46.0 Å². The first-order chi connectivity index (χ1) is 19.7. The number of hydrogen-bond donors (Lipinski definition) is 3. The van der Waals surface area contributed by atoms with Gasteiger partial charge in [-0.2, -0.15) is 5.10 Å². The summed E-state index contributed by atoms with van der Waals surface area (Å²) in [5, 5.41) is 21.6. The zero-order valence-corrected chi connectivity index (χ0v) is 23.4. The number of rotatable bonds is 9. The Hall–Kier alpha value is -4.07. The first-order valence-corrected chi connectivity index (χ1v) is 14.8. The topological polar surface area (TPSA) is 140 Å². The number of carbonyl (C=O) groups is 1. The minimum Gasteiger partial charge on any atom is -0.476 e. The van der Waals surface area contributed by atoms with Gasteiger partial charge in [-0.3, -0.25) is 0 Å². The van der Waals surface area contributed by atoms with Crippen molar-refractivity contribution in [3.05, 3.63) is 87.9 Å². The van der Waals surface area contributed by atoms with Gasteiger partial charge in [0, 0.05) is 28.5 Å². The maximum Gasteiger partial charge on any atom is 0.355 e. The van der Waals surface area contributed by atoms with E-state index >= 15 is 0 Å². The lowest BCUT2D eigenvalue weighted by Gasteiger charge is -2.10. The fraction of sp³-hybridized carbons (Fsp3) is 0.214. The van der Waals surface area contributed by atoms with Crippen molar-refractivity contribution >= 4 is 28.3 Å². The zero-order valence-electron chi connectivity index (χ0n) is 21.7. The van der Waals surface area contributed by atoms with Crippen molar-refractivity contribution in [1.82, 2.24) is 24.7 Å². The zero-order chi connectivity index (χ0) is 28.8. The predicted molar refractivity (Wildman–Crippen MR) is 150 cm³/mol. The van der Waals surface area contributed by atoms with Gasteiger partial charge in [-0.05, 0) is 68.0 Å². The van der Waals surface area contributed by atoms with E-state index in [-0.39, 0.29) is 17.0 Å². The van der Waals surface area contributed by atoms with Gasteiger partial charge in [0.05, 0.1) is 28.2 Å². The van der Waals surface area contributed by atoms with Crippen LogP contribution in [0.25, 0.3) is 27.6 Å². The number of aromatic nitrogens is 5. The summed E-state index contributed by atoms with van der Waals surface area (Å²) in [5.41, 5.74) is 4.10. The summed E-state index contributed by atoms with van der Waals surface area (Å²) in [7, 11) is -1.97. The smallest absolute Gasteiger partial charge is 0.355 e. The average molecular weight is 595 g/mol. The van der Waals surface area contributed by atoms with E-state index in [2.05, 4.69) is 15.0 Å². The first-order valence-electron chi connectivity index (χ1n) is 12.7. The Morgan fingerprint density at radius 1 is 1.22 bits per heavy atom. The van der Waals surface area contributed by atoms with Crippen LogP contribution >= 0.6 is 11.3 Å². The second kappa shape index (κ2) is 10.7. The van der Waals surface area contributed by atoms with Gasteiger partial charge < -0.3 is 10.1 Å². The van der Waals surface area contributed by atoms with Gasteiger partial charge in [0.15, 0.2) is 5.69 Å². The van der Waals surface area contributed by atoms with Crippen molar-refractivity contribution < 1.29 is 22.9 Å². The van der Waals surface area contributed by atoms with Gasteiger partial charge in [-0.15, -0.1) is 11.3 Å². The van der Waals surface area contributed by atoms with Gasteiger partial charge in [-0.25, -0.2) is 37.6 Å². The van der Waals surface area contributed by atoms with E-state index in [0.29, 0.717) is 51.4 Å². The van der Waals surface area contributed by atoms with Gasteiger partial charge in [0.1, 0.15) is 28.4 Å². The summed E-state index contributed by atoms with van der Waals surface area (Å²) < 4.78 is 43.1. The number of aromatic carboxylic acids is 1. The van der Waals surface area contributed by atoms with Crippen LogP contribution in [0.2, 0.25) is 0 Å². The van der Waals surface area contributed by atoms with Crippen LogP contribution in [0.4, 0.5) is 8.78 Å². The number of imidazole rings is 1. The molecular weight excluding hydrogens is 570 g/mol. The summed E-state index contributed by atoms with van der Waals surface area (Å²) in [6.07, 6.45) is 4.57. The summed E-state index contributed by atoms with van der Waals surface area (Å²) in [6.45, 7) is 1.78. The van der Waals surface area contributed by atoms with E-state index < -0.39 is 28.6 Å². The molecule has 0 bridgehead atoms. The second-order valence-electron chi connectivity index (χ2n) is 9.97. The molecular formula is C28H24F2N6O3S2. The van der Waals surface area contributed by atoms with E-state index in [1.54, 1.807) is 36.0 Å². The van der Waals surface area contributed by atoms with Crippen molar-refractivity contribution in [1.29, 1.82) is 0 Å². The highest BCUT2D eigenvalue weighted by atomic mass is 32.2. The highest BCUT2D eigenvalue weighted by Gasteiger charge is 2.30. The van der Waals surface area contributed by atoms with Crippen molar-refractivity contribution in [2.75, 3.05) is 0 Å². The highest BCUT2D eigenvalue weighted by molar-refractivity contribution is 7.82. The molecule has 0 amide bonds. The molecule has 0 aliphatic heterocycles. The van der Waals surface area contributed by atoms with Crippen molar-refractivity contribution in [3.8, 4) is 27.6 Å². The number of aryl methyl sites for hydroxylation is 1. The number of thiazole rings is 1. The molecule has 2 aromatic carbocycles. The van der Waals surface area contributed by atoms with E-state index in [4.69, 9.17) is 10.2 Å². The monoisotopic (exact) mass is 594 g/mol. The van der Waals surface area contributed by atoms with Crippen LogP contribution in [-0.2, 0) is 23.8 Å². The maximum atomic E-state index is 15.0. The second-order valence-corrected chi connectivity index (χ2v) is 11.8. The fourth-order valence-corrected chi connectivity index (χ4v) is 6.01. The molecule has 0 radical (unpaired) electrons. The van der Waals surface area contributed by atoms with Gasteiger partial charge in [0.2, 0.25) is 5.13 Å². The van der Waals surface area contributed by atoms with Gasteiger partial charge in [0.25, 0.3) is 0 Å². The molecule has 6 rings (SSSR count). The van der Waals surface area contributed by atoms with Gasteiger partial charge in [-0.1, -0.05) is 6.07 Å². The lowest BCUT2D eigenvalue weighted by atomic mass is 9.95. The Kier molecular flexibility index (Phi) is 7.09. The number of benzene rings is 2. The van der Waals surface area contributed by atoms with Crippen LogP contribution in [0.15, 0.2) is 52.9 Å². The molecule has 210 valence electrons. The third-order valence-electron chi connectivity index (χ3n) is 6.99. The maximum absolute atomic E-state index is 15.0. The molecule has 0 saturated heterocycles. The van der Waals surface area contributed by atoms with E-state index in [1.807, 2.05) is 0 Å². The lowest BCUT2D eigenvalue weighted by Crippen LogP contribution is -2.07. The van der Waals surface area contributed by atoms with Crippen molar-refractivity contribution in [2.24, 2.45) is 11.1 Å². The number of H-pyrrole nitrogens is 1. The molecule has 1 atom stereocenters. The molecule has 0 spiro atoms. The third kappa shape index (κ3) is 5.47. The molecule has 1 saturated carbocycles. The summed E-state index contributed by atoms with van der Waals surface area (Å²) in [6, 6.07) is 9.05. The normalized spacial score (nSPS) is 14.0. The van der Waals surface area contributed by atoms with Crippen molar-refractivity contribution in [3.63, 3.8) is 0 Å². The van der Waals surface area contributed by atoms with Crippen LogP contribution in [0.5, 0.6) is 0 Å². The molecule has 3 heterocycles. The first kappa shape index (κ1) is 27.1. The van der Waals surface area contributed by atoms with Crippen LogP contribution in [-0.4, -0.2) is 40.0 Å². The Balaban J connectivity index is 1.54. The molecule has 4 N–H and O–H groups in total. The molecule has 9 nitrogen and oxygen atoms in total. The molecule has 3 aromatic heterocycles. The molecule has 1 fully saturated rings. The van der Waals surface area contributed by atoms with Gasteiger partial charge >= 0.3 is 5.97 Å². The molecule has 13 heteroatoms. The molecule has 5 aromatic rings. The van der Waals surface area contributed by atoms with Crippen molar-refractivity contribution in [2.45, 2.75) is 37.5 Å². The minimum atomic E-state index is -1.97. The number of carboxylic acids is 1. The molecule has 1 aliphatic rings. The van der Waals surface area contributed by atoms with Crippen LogP contribution in [0.3, 0.4) is 0 Å². The number of hydrogen-bond acceptors (Lipinski definition) is 6. The fourth-order valence-electron chi connectivity index (χ4n) is 4.78. The molecule has 1 aliphatic carbocycles. The minimum absolute atomic E-state index is 0.0906. The molecule has 41 heavy (non-hydrogen) atoms.